The van der Waals surface area contributed by atoms with Gasteiger partial charge in [0.15, 0.2) is 0 Å². The molecule has 0 atom stereocenters. The van der Waals surface area contributed by atoms with Crippen molar-refractivity contribution in [2.45, 2.75) is 44.5 Å². The number of aromatic nitrogens is 2. The summed E-state index contributed by atoms with van der Waals surface area (Å²) in [5, 5.41) is 4.46. The van der Waals surface area contributed by atoms with Gasteiger partial charge in [-0.2, -0.15) is 5.10 Å². The minimum absolute atomic E-state index is 0.548. The molecule has 16 heavy (non-hydrogen) atoms. The Balaban J connectivity index is 2.30. The van der Waals surface area contributed by atoms with Crippen molar-refractivity contribution in [1.29, 1.82) is 0 Å². The van der Waals surface area contributed by atoms with Crippen LogP contribution in [-0.4, -0.2) is 22.9 Å². The lowest BCUT2D eigenvalue weighted by molar-refractivity contribution is 0.620. The predicted octanol–water partition coefficient (Wildman–Crippen LogP) is 2.85. The van der Waals surface area contributed by atoms with Gasteiger partial charge in [0.05, 0.1) is 11.6 Å². The molecule has 90 valence electrons. The van der Waals surface area contributed by atoms with Crippen molar-refractivity contribution in [3.05, 3.63) is 11.3 Å². The molecule has 1 fully saturated rings. The van der Waals surface area contributed by atoms with Crippen molar-refractivity contribution >= 4 is 17.4 Å². The Morgan fingerprint density at radius 3 is 2.62 bits per heavy atom. The summed E-state index contributed by atoms with van der Waals surface area (Å²) in [5.74, 6) is 1.74. The van der Waals surface area contributed by atoms with Crippen molar-refractivity contribution in [3.8, 4) is 0 Å². The molecule has 1 aliphatic carbocycles. The summed E-state index contributed by atoms with van der Waals surface area (Å²) in [6.45, 7) is 2.03. The summed E-state index contributed by atoms with van der Waals surface area (Å²) in [6.07, 6.45) is 5.29. The first-order chi connectivity index (χ1) is 7.65. The van der Waals surface area contributed by atoms with Gasteiger partial charge < -0.3 is 4.90 Å². The maximum atomic E-state index is 6.02. The molecule has 0 saturated heterocycles. The standard InChI is InChI=1S/C12H20ClN3/c1-9-11(8-13)12(16(3)14-9)15(2)10-6-4-5-7-10/h10H,4-8H2,1-3H3. The van der Waals surface area contributed by atoms with Crippen LogP contribution < -0.4 is 4.90 Å². The van der Waals surface area contributed by atoms with Crippen LogP contribution >= 0.6 is 11.6 Å². The molecule has 0 spiro atoms. The number of aryl methyl sites for hydroxylation is 2. The minimum atomic E-state index is 0.548. The van der Waals surface area contributed by atoms with E-state index < -0.39 is 0 Å². The van der Waals surface area contributed by atoms with Gasteiger partial charge in [0, 0.05) is 25.7 Å². The monoisotopic (exact) mass is 241 g/mol. The molecule has 0 unspecified atom stereocenters. The first-order valence-corrected chi connectivity index (χ1v) is 6.50. The second kappa shape index (κ2) is 4.66. The average molecular weight is 242 g/mol. The van der Waals surface area contributed by atoms with E-state index in [1.165, 1.54) is 37.1 Å². The van der Waals surface area contributed by atoms with Crippen molar-refractivity contribution in [2.24, 2.45) is 7.05 Å². The lowest BCUT2D eigenvalue weighted by atomic mass is 10.2. The number of hydrogen-bond donors (Lipinski definition) is 0. The summed E-state index contributed by atoms with van der Waals surface area (Å²) in [5.41, 5.74) is 2.23. The van der Waals surface area contributed by atoms with Crippen molar-refractivity contribution in [2.75, 3.05) is 11.9 Å². The van der Waals surface area contributed by atoms with E-state index in [0.717, 1.165) is 5.69 Å². The largest absolute Gasteiger partial charge is 0.357 e. The average Bonchev–Trinajstić information content (AvgIpc) is 2.84. The van der Waals surface area contributed by atoms with Gasteiger partial charge in [-0.25, -0.2) is 0 Å². The van der Waals surface area contributed by atoms with E-state index in [9.17, 15) is 0 Å². The van der Waals surface area contributed by atoms with Crippen LogP contribution in [0.5, 0.6) is 0 Å². The molecular weight excluding hydrogens is 222 g/mol. The second-order valence-electron chi connectivity index (χ2n) is 4.69. The number of alkyl halides is 1. The fourth-order valence-corrected chi connectivity index (χ4v) is 3.06. The molecule has 0 radical (unpaired) electrons. The number of hydrogen-bond acceptors (Lipinski definition) is 2. The summed E-state index contributed by atoms with van der Waals surface area (Å²) in [4.78, 5) is 2.37. The molecule has 1 saturated carbocycles. The van der Waals surface area contributed by atoms with E-state index in [-0.39, 0.29) is 0 Å². The smallest absolute Gasteiger partial charge is 0.131 e. The molecule has 2 rings (SSSR count). The molecule has 0 bridgehead atoms. The summed E-state index contributed by atoms with van der Waals surface area (Å²) in [6, 6.07) is 0.664. The van der Waals surface area contributed by atoms with Gasteiger partial charge in [-0.05, 0) is 19.8 Å². The van der Waals surface area contributed by atoms with Crippen molar-refractivity contribution < 1.29 is 0 Å². The zero-order valence-corrected chi connectivity index (χ0v) is 11.1. The van der Waals surface area contributed by atoms with Crippen LogP contribution in [0.25, 0.3) is 0 Å². The SMILES string of the molecule is Cc1nn(C)c(N(C)C2CCCC2)c1CCl. The number of anilines is 1. The zero-order chi connectivity index (χ0) is 11.7. The molecule has 1 heterocycles. The predicted molar refractivity (Wildman–Crippen MR) is 68.2 cm³/mol. The van der Waals surface area contributed by atoms with Gasteiger partial charge in [-0.1, -0.05) is 12.8 Å². The van der Waals surface area contributed by atoms with Crippen molar-refractivity contribution in [1.82, 2.24) is 9.78 Å². The fourth-order valence-electron chi connectivity index (χ4n) is 2.75. The third-order valence-electron chi connectivity index (χ3n) is 3.65. The highest BCUT2D eigenvalue weighted by molar-refractivity contribution is 6.17. The van der Waals surface area contributed by atoms with E-state index >= 15 is 0 Å². The van der Waals surface area contributed by atoms with Gasteiger partial charge in [0.2, 0.25) is 0 Å². The molecule has 3 nitrogen and oxygen atoms in total. The number of halogens is 1. The maximum absolute atomic E-state index is 6.02. The summed E-state index contributed by atoms with van der Waals surface area (Å²) >= 11 is 6.02. The van der Waals surface area contributed by atoms with E-state index in [1.54, 1.807) is 0 Å². The maximum Gasteiger partial charge on any atom is 0.131 e. The molecular formula is C12H20ClN3. The number of nitrogens with zero attached hydrogens (tertiary/aromatic N) is 3. The molecule has 0 aromatic carbocycles. The van der Waals surface area contributed by atoms with E-state index in [4.69, 9.17) is 11.6 Å². The molecule has 4 heteroatoms. The molecule has 0 N–H and O–H groups in total. The van der Waals surface area contributed by atoms with Crippen LogP contribution in [0.2, 0.25) is 0 Å². The van der Waals surface area contributed by atoms with E-state index in [2.05, 4.69) is 17.0 Å². The number of rotatable bonds is 3. The van der Waals surface area contributed by atoms with E-state index in [1.807, 2.05) is 18.7 Å². The summed E-state index contributed by atoms with van der Waals surface area (Å²) in [7, 11) is 4.17. The van der Waals surface area contributed by atoms with Crippen LogP contribution in [0.1, 0.15) is 36.9 Å². The lowest BCUT2D eigenvalue weighted by Crippen LogP contribution is -2.31. The van der Waals surface area contributed by atoms with Gasteiger partial charge in [-0.3, -0.25) is 4.68 Å². The van der Waals surface area contributed by atoms with Crippen LogP contribution in [-0.2, 0) is 12.9 Å². The lowest BCUT2D eigenvalue weighted by Gasteiger charge is -2.27. The fraction of sp³-hybridized carbons (Fsp3) is 0.750. The van der Waals surface area contributed by atoms with Crippen LogP contribution in [0, 0.1) is 6.92 Å². The van der Waals surface area contributed by atoms with E-state index in [0.29, 0.717) is 11.9 Å². The Bertz CT molecular complexity index is 367. The third-order valence-corrected chi connectivity index (χ3v) is 3.92. The third kappa shape index (κ3) is 1.93. The summed E-state index contributed by atoms with van der Waals surface area (Å²) < 4.78 is 1.96. The Morgan fingerprint density at radius 1 is 1.44 bits per heavy atom. The quantitative estimate of drug-likeness (QED) is 0.759. The van der Waals surface area contributed by atoms with Crippen LogP contribution in [0.15, 0.2) is 0 Å². The first kappa shape index (κ1) is 11.8. The first-order valence-electron chi connectivity index (χ1n) is 5.96. The highest BCUT2D eigenvalue weighted by Gasteiger charge is 2.24. The Morgan fingerprint density at radius 2 is 2.06 bits per heavy atom. The molecule has 1 aliphatic rings. The molecule has 0 aliphatic heterocycles. The van der Waals surface area contributed by atoms with Gasteiger partial charge in [-0.15, -0.1) is 11.6 Å². The van der Waals surface area contributed by atoms with Gasteiger partial charge in [0.1, 0.15) is 5.82 Å². The van der Waals surface area contributed by atoms with Crippen molar-refractivity contribution in [3.63, 3.8) is 0 Å². The van der Waals surface area contributed by atoms with Gasteiger partial charge in [0.25, 0.3) is 0 Å². The molecule has 1 aromatic heterocycles. The topological polar surface area (TPSA) is 21.1 Å². The Kier molecular flexibility index (Phi) is 3.43. The highest BCUT2D eigenvalue weighted by Crippen LogP contribution is 2.30. The Labute approximate surface area is 102 Å². The zero-order valence-electron chi connectivity index (χ0n) is 10.3. The van der Waals surface area contributed by atoms with Crippen LogP contribution in [0.4, 0.5) is 5.82 Å². The molecule has 1 aromatic rings. The molecule has 0 amide bonds. The normalized spacial score (nSPS) is 17.0. The minimum Gasteiger partial charge on any atom is -0.357 e. The van der Waals surface area contributed by atoms with Gasteiger partial charge >= 0.3 is 0 Å². The van der Waals surface area contributed by atoms with Crippen LogP contribution in [0.3, 0.4) is 0 Å². The second-order valence-corrected chi connectivity index (χ2v) is 4.96. The highest BCUT2D eigenvalue weighted by atomic mass is 35.5. The Hall–Kier alpha value is -0.700.